The molecule has 1 saturated carbocycles. The van der Waals surface area contributed by atoms with Crippen LogP contribution in [0.2, 0.25) is 0 Å². The summed E-state index contributed by atoms with van der Waals surface area (Å²) in [6.45, 7) is 2.22. The minimum absolute atomic E-state index is 0.00172. The van der Waals surface area contributed by atoms with Gasteiger partial charge in [0.1, 0.15) is 11.5 Å². The Morgan fingerprint density at radius 1 is 0.853 bits per heavy atom. The zero-order chi connectivity index (χ0) is 24.8. The second-order valence-electron chi connectivity index (χ2n) is 8.81. The van der Waals surface area contributed by atoms with E-state index in [4.69, 9.17) is 4.74 Å². The van der Waals surface area contributed by atoms with Crippen LogP contribution in [-0.4, -0.2) is 18.3 Å². The Kier molecular flexibility index (Phi) is 8.55. The standard InChI is InChI=1S/C26H29F5O3/c1-2-3-4-5-18-6-8-19(9-7-18)20-10-12-21(13-11-20)24(32)33-22-14-16-23(17-15-22)34-26(30,31)25(27,28)29/h10-19H,2-9H2,1H3. The molecule has 0 amide bonds. The fourth-order valence-corrected chi connectivity index (χ4v) is 4.31. The van der Waals surface area contributed by atoms with Crippen molar-refractivity contribution in [3.8, 4) is 11.5 Å². The molecule has 3 rings (SSSR count). The molecule has 2 aromatic rings. The van der Waals surface area contributed by atoms with Gasteiger partial charge in [-0.05, 0) is 79.5 Å². The molecular formula is C26H29F5O3. The van der Waals surface area contributed by atoms with Crippen molar-refractivity contribution in [3.63, 3.8) is 0 Å². The molecule has 0 saturated heterocycles. The smallest absolute Gasteiger partial charge is 0.426 e. The second-order valence-corrected chi connectivity index (χ2v) is 8.81. The molecule has 0 atom stereocenters. The minimum Gasteiger partial charge on any atom is -0.426 e. The number of esters is 1. The molecule has 1 fully saturated rings. The van der Waals surface area contributed by atoms with Gasteiger partial charge in [-0.15, -0.1) is 0 Å². The van der Waals surface area contributed by atoms with E-state index in [9.17, 15) is 26.7 Å². The van der Waals surface area contributed by atoms with Gasteiger partial charge in [0.2, 0.25) is 0 Å². The zero-order valence-electron chi connectivity index (χ0n) is 19.0. The average molecular weight is 485 g/mol. The van der Waals surface area contributed by atoms with Gasteiger partial charge < -0.3 is 9.47 Å². The van der Waals surface area contributed by atoms with Crippen LogP contribution in [0.3, 0.4) is 0 Å². The number of hydrogen-bond donors (Lipinski definition) is 0. The summed E-state index contributed by atoms with van der Waals surface area (Å²) in [5.74, 6) is -0.0615. The van der Waals surface area contributed by atoms with Crippen LogP contribution in [0, 0.1) is 5.92 Å². The molecule has 2 aromatic carbocycles. The first-order valence-electron chi connectivity index (χ1n) is 11.6. The van der Waals surface area contributed by atoms with Gasteiger partial charge in [-0.3, -0.25) is 0 Å². The number of carbonyl (C=O) groups is 1. The molecule has 0 bridgehead atoms. The molecule has 0 aliphatic heterocycles. The SMILES string of the molecule is CCCCCC1CCC(c2ccc(C(=O)Oc3ccc(OC(F)(F)C(F)(F)F)cc3)cc2)CC1. The Hall–Kier alpha value is -2.64. The lowest BCUT2D eigenvalue weighted by Crippen LogP contribution is -2.41. The quantitative estimate of drug-likeness (QED) is 0.155. The maximum atomic E-state index is 13.0. The van der Waals surface area contributed by atoms with Gasteiger partial charge in [0.25, 0.3) is 0 Å². The van der Waals surface area contributed by atoms with Crippen molar-refractivity contribution in [3.05, 3.63) is 59.7 Å². The van der Waals surface area contributed by atoms with Gasteiger partial charge in [-0.25, -0.2) is 4.79 Å². The highest BCUT2D eigenvalue weighted by atomic mass is 19.4. The Labute approximate surface area is 196 Å². The maximum Gasteiger partial charge on any atom is 0.499 e. The summed E-state index contributed by atoms with van der Waals surface area (Å²) in [7, 11) is 0. The van der Waals surface area contributed by atoms with E-state index in [0.717, 1.165) is 43.0 Å². The predicted octanol–water partition coefficient (Wildman–Crippen LogP) is 8.29. The Balaban J connectivity index is 1.51. The molecule has 3 nitrogen and oxygen atoms in total. The molecule has 1 aliphatic carbocycles. The van der Waals surface area contributed by atoms with E-state index in [1.165, 1.54) is 44.1 Å². The molecule has 0 heterocycles. The van der Waals surface area contributed by atoms with Crippen molar-refractivity contribution >= 4 is 5.97 Å². The van der Waals surface area contributed by atoms with E-state index in [1.54, 1.807) is 12.1 Å². The second kappa shape index (κ2) is 11.2. The first kappa shape index (κ1) is 26.0. The molecule has 186 valence electrons. The van der Waals surface area contributed by atoms with Gasteiger partial charge in [0, 0.05) is 0 Å². The van der Waals surface area contributed by atoms with Crippen molar-refractivity contribution < 1.29 is 36.2 Å². The van der Waals surface area contributed by atoms with Crippen LogP contribution >= 0.6 is 0 Å². The van der Waals surface area contributed by atoms with Crippen LogP contribution in [0.5, 0.6) is 11.5 Å². The summed E-state index contributed by atoms with van der Waals surface area (Å²) >= 11 is 0. The number of ether oxygens (including phenoxy) is 2. The van der Waals surface area contributed by atoms with Gasteiger partial charge >= 0.3 is 18.3 Å². The van der Waals surface area contributed by atoms with Crippen molar-refractivity contribution in [2.45, 2.75) is 76.5 Å². The lowest BCUT2D eigenvalue weighted by Gasteiger charge is -2.29. The van der Waals surface area contributed by atoms with Gasteiger partial charge in [0.15, 0.2) is 0 Å². The third-order valence-electron chi connectivity index (χ3n) is 6.29. The molecule has 34 heavy (non-hydrogen) atoms. The summed E-state index contributed by atoms with van der Waals surface area (Å²) in [6.07, 6.45) is -1.26. The van der Waals surface area contributed by atoms with Gasteiger partial charge in [0.05, 0.1) is 5.56 Å². The van der Waals surface area contributed by atoms with Crippen LogP contribution < -0.4 is 9.47 Å². The monoisotopic (exact) mass is 484 g/mol. The van der Waals surface area contributed by atoms with E-state index < -0.39 is 24.0 Å². The summed E-state index contributed by atoms with van der Waals surface area (Å²) in [5.41, 5.74) is 1.51. The zero-order valence-corrected chi connectivity index (χ0v) is 19.0. The van der Waals surface area contributed by atoms with Crippen LogP contribution in [0.4, 0.5) is 22.0 Å². The average Bonchev–Trinajstić information content (AvgIpc) is 2.80. The van der Waals surface area contributed by atoms with E-state index in [1.807, 2.05) is 12.1 Å². The van der Waals surface area contributed by atoms with E-state index in [0.29, 0.717) is 11.5 Å². The lowest BCUT2D eigenvalue weighted by atomic mass is 9.77. The normalized spacial score (nSPS) is 19.0. The molecule has 8 heteroatoms. The predicted molar refractivity (Wildman–Crippen MR) is 118 cm³/mol. The van der Waals surface area contributed by atoms with Crippen LogP contribution in [0.25, 0.3) is 0 Å². The van der Waals surface area contributed by atoms with Crippen molar-refractivity contribution in [1.82, 2.24) is 0 Å². The number of halogens is 5. The number of unbranched alkanes of at least 4 members (excludes halogenated alkanes) is 2. The highest BCUT2D eigenvalue weighted by Crippen LogP contribution is 2.39. The van der Waals surface area contributed by atoms with E-state index in [2.05, 4.69) is 11.7 Å². The van der Waals surface area contributed by atoms with Gasteiger partial charge in [-0.1, -0.05) is 44.7 Å². The molecule has 0 radical (unpaired) electrons. The fraction of sp³-hybridized carbons (Fsp3) is 0.500. The minimum atomic E-state index is -5.84. The molecular weight excluding hydrogens is 455 g/mol. The number of benzene rings is 2. The highest BCUT2D eigenvalue weighted by molar-refractivity contribution is 5.91. The summed E-state index contributed by atoms with van der Waals surface area (Å²) in [6, 6.07) is 11.2. The summed E-state index contributed by atoms with van der Waals surface area (Å²) in [4.78, 5) is 12.4. The topological polar surface area (TPSA) is 35.5 Å². The number of hydrogen-bond acceptors (Lipinski definition) is 3. The molecule has 0 N–H and O–H groups in total. The molecule has 0 unspecified atom stereocenters. The van der Waals surface area contributed by atoms with Crippen LogP contribution in [0.15, 0.2) is 48.5 Å². The Morgan fingerprint density at radius 2 is 1.44 bits per heavy atom. The number of rotatable bonds is 9. The molecule has 0 aromatic heterocycles. The molecule has 0 spiro atoms. The van der Waals surface area contributed by atoms with E-state index in [-0.39, 0.29) is 5.75 Å². The summed E-state index contributed by atoms with van der Waals surface area (Å²) < 4.78 is 71.5. The number of carbonyl (C=O) groups excluding carboxylic acids is 1. The third-order valence-corrected chi connectivity index (χ3v) is 6.29. The fourth-order valence-electron chi connectivity index (χ4n) is 4.31. The number of alkyl halides is 5. The maximum absolute atomic E-state index is 13.0. The van der Waals surface area contributed by atoms with Crippen LogP contribution in [0.1, 0.15) is 80.1 Å². The Bertz CT molecular complexity index is 915. The van der Waals surface area contributed by atoms with E-state index >= 15 is 0 Å². The van der Waals surface area contributed by atoms with Crippen molar-refractivity contribution in [2.75, 3.05) is 0 Å². The third kappa shape index (κ3) is 6.93. The summed E-state index contributed by atoms with van der Waals surface area (Å²) in [5, 5.41) is 0. The Morgan fingerprint density at radius 3 is 2.00 bits per heavy atom. The lowest BCUT2D eigenvalue weighted by molar-refractivity contribution is -0.360. The highest BCUT2D eigenvalue weighted by Gasteiger charge is 2.61. The van der Waals surface area contributed by atoms with Crippen molar-refractivity contribution in [1.29, 1.82) is 0 Å². The first-order valence-corrected chi connectivity index (χ1v) is 11.6. The van der Waals surface area contributed by atoms with Crippen molar-refractivity contribution in [2.24, 2.45) is 5.92 Å². The van der Waals surface area contributed by atoms with Crippen LogP contribution in [-0.2, 0) is 0 Å². The first-order chi connectivity index (χ1) is 16.1. The van der Waals surface area contributed by atoms with Gasteiger partial charge in [-0.2, -0.15) is 22.0 Å². The molecule has 1 aliphatic rings. The largest absolute Gasteiger partial charge is 0.499 e.